The molecule has 0 amide bonds. The Morgan fingerprint density at radius 1 is 1.17 bits per heavy atom. The monoisotopic (exact) mass is 532 g/mol. The molecule has 0 bridgehead atoms. The van der Waals surface area contributed by atoms with Crippen molar-refractivity contribution in [2.45, 2.75) is 51.0 Å². The molecule has 7 nitrogen and oxygen atoms in total. The van der Waals surface area contributed by atoms with Gasteiger partial charge in [0.1, 0.15) is 0 Å². The smallest absolute Gasteiger partial charge is 0.191 e. The van der Waals surface area contributed by atoms with Gasteiger partial charge in [-0.15, -0.1) is 24.0 Å². The fourth-order valence-corrected chi connectivity index (χ4v) is 3.68. The highest BCUT2D eigenvalue weighted by Crippen LogP contribution is 2.14. The molecule has 30 heavy (non-hydrogen) atoms. The molecule has 0 aromatic heterocycles. The van der Waals surface area contributed by atoms with Gasteiger partial charge < -0.3 is 25.2 Å². The van der Waals surface area contributed by atoms with Gasteiger partial charge in [0, 0.05) is 53.0 Å². The Bertz CT molecular complexity index is 615. The van der Waals surface area contributed by atoms with Crippen LogP contribution in [0.4, 0.5) is 0 Å². The summed E-state index contributed by atoms with van der Waals surface area (Å²) in [5, 5.41) is 16.3. The molecule has 1 aromatic carbocycles. The molecule has 2 heterocycles. The Balaban J connectivity index is 0.00000320. The number of piperidine rings is 1. The van der Waals surface area contributed by atoms with Crippen molar-refractivity contribution < 1.29 is 14.6 Å². The highest BCUT2D eigenvalue weighted by atomic mass is 127. The average Bonchev–Trinajstić information content (AvgIpc) is 3.26. The number of hydrogen-bond donors (Lipinski definition) is 3. The van der Waals surface area contributed by atoms with Gasteiger partial charge in [-0.05, 0) is 36.8 Å². The number of aliphatic hydroxyl groups is 1. The third-order valence-corrected chi connectivity index (χ3v) is 5.52. The first-order chi connectivity index (χ1) is 14.2. The van der Waals surface area contributed by atoms with Crippen LogP contribution in [0.2, 0.25) is 0 Å². The lowest BCUT2D eigenvalue weighted by atomic mass is 10.1. The molecule has 3 rings (SSSR count). The van der Waals surface area contributed by atoms with E-state index < -0.39 is 0 Å². The third kappa shape index (κ3) is 9.05. The van der Waals surface area contributed by atoms with E-state index in [0.29, 0.717) is 0 Å². The standard InChI is InChI=1S/C22H36N4O3.HI/c1-23-22(24-10-2-13-29-21-9-14-28-17-21)25-15-18-3-5-19(6-4-18)16-26-11-7-20(27)8-12-26;/h3-6,20-21,27H,2,7-17H2,1H3,(H2,23,24,25);1H. The van der Waals surface area contributed by atoms with Crippen molar-refractivity contribution in [3.63, 3.8) is 0 Å². The zero-order chi connectivity index (χ0) is 20.3. The van der Waals surface area contributed by atoms with Crippen LogP contribution in [0.3, 0.4) is 0 Å². The van der Waals surface area contributed by atoms with E-state index in [1.807, 2.05) is 0 Å². The van der Waals surface area contributed by atoms with Crippen LogP contribution in [0.25, 0.3) is 0 Å². The number of benzene rings is 1. The summed E-state index contributed by atoms with van der Waals surface area (Å²) in [7, 11) is 1.79. The van der Waals surface area contributed by atoms with Crippen LogP contribution in [0.5, 0.6) is 0 Å². The maximum Gasteiger partial charge on any atom is 0.191 e. The average molecular weight is 532 g/mol. The fourth-order valence-electron chi connectivity index (χ4n) is 3.68. The van der Waals surface area contributed by atoms with Crippen LogP contribution in [0.15, 0.2) is 29.3 Å². The summed E-state index contributed by atoms with van der Waals surface area (Å²) in [5.41, 5.74) is 2.55. The molecule has 0 radical (unpaired) electrons. The van der Waals surface area contributed by atoms with E-state index in [1.54, 1.807) is 7.05 Å². The summed E-state index contributed by atoms with van der Waals surface area (Å²) in [6, 6.07) is 8.74. The summed E-state index contributed by atoms with van der Waals surface area (Å²) in [4.78, 5) is 6.70. The molecule has 0 spiro atoms. The van der Waals surface area contributed by atoms with E-state index in [1.165, 1.54) is 11.1 Å². The number of ether oxygens (including phenoxy) is 2. The second kappa shape index (κ2) is 14.2. The van der Waals surface area contributed by atoms with Crippen LogP contribution in [0, 0.1) is 0 Å². The Morgan fingerprint density at radius 2 is 1.90 bits per heavy atom. The first-order valence-corrected chi connectivity index (χ1v) is 10.8. The van der Waals surface area contributed by atoms with Crippen molar-refractivity contribution in [2.24, 2.45) is 4.99 Å². The molecule has 2 saturated heterocycles. The molecular formula is C22H37IN4O3. The largest absolute Gasteiger partial charge is 0.393 e. The highest BCUT2D eigenvalue weighted by Gasteiger charge is 2.17. The van der Waals surface area contributed by atoms with Gasteiger partial charge >= 0.3 is 0 Å². The molecule has 170 valence electrons. The van der Waals surface area contributed by atoms with Gasteiger partial charge in [-0.3, -0.25) is 9.89 Å². The molecule has 0 saturated carbocycles. The zero-order valence-electron chi connectivity index (χ0n) is 18.0. The Kier molecular flexibility index (Phi) is 12.0. The van der Waals surface area contributed by atoms with E-state index in [-0.39, 0.29) is 36.2 Å². The normalized spacial score (nSPS) is 20.7. The van der Waals surface area contributed by atoms with E-state index in [0.717, 1.165) is 84.2 Å². The quantitative estimate of drug-likeness (QED) is 0.196. The molecule has 2 aliphatic heterocycles. The lowest BCUT2D eigenvalue weighted by Crippen LogP contribution is -2.37. The van der Waals surface area contributed by atoms with E-state index in [9.17, 15) is 5.11 Å². The number of likely N-dealkylation sites (tertiary alicyclic amines) is 1. The van der Waals surface area contributed by atoms with E-state index in [2.05, 4.69) is 44.8 Å². The van der Waals surface area contributed by atoms with E-state index >= 15 is 0 Å². The van der Waals surface area contributed by atoms with Gasteiger partial charge in [0.25, 0.3) is 0 Å². The van der Waals surface area contributed by atoms with Crippen molar-refractivity contribution in [2.75, 3.05) is 46.5 Å². The number of hydrogen-bond acceptors (Lipinski definition) is 5. The minimum Gasteiger partial charge on any atom is -0.393 e. The summed E-state index contributed by atoms with van der Waals surface area (Å²) in [6.45, 7) is 6.79. The van der Waals surface area contributed by atoms with Gasteiger partial charge in [-0.25, -0.2) is 0 Å². The van der Waals surface area contributed by atoms with Gasteiger partial charge in [0.05, 0.1) is 18.8 Å². The van der Waals surface area contributed by atoms with Crippen LogP contribution < -0.4 is 10.6 Å². The van der Waals surface area contributed by atoms with Gasteiger partial charge in [0.2, 0.25) is 0 Å². The summed E-state index contributed by atoms with van der Waals surface area (Å²) in [5.74, 6) is 0.810. The second-order valence-electron chi connectivity index (χ2n) is 7.89. The van der Waals surface area contributed by atoms with Crippen molar-refractivity contribution in [3.05, 3.63) is 35.4 Å². The maximum absolute atomic E-state index is 9.62. The molecule has 8 heteroatoms. The van der Waals surface area contributed by atoms with Crippen molar-refractivity contribution in [1.29, 1.82) is 0 Å². The molecule has 3 N–H and O–H groups in total. The number of nitrogens with one attached hydrogen (secondary N) is 2. The number of aliphatic hydroxyl groups excluding tert-OH is 1. The summed E-state index contributed by atoms with van der Waals surface area (Å²) >= 11 is 0. The fraction of sp³-hybridized carbons (Fsp3) is 0.682. The lowest BCUT2D eigenvalue weighted by Gasteiger charge is -2.29. The minimum absolute atomic E-state index is 0. The zero-order valence-corrected chi connectivity index (χ0v) is 20.3. The minimum atomic E-state index is -0.114. The number of nitrogens with zero attached hydrogens (tertiary/aromatic N) is 2. The molecule has 1 unspecified atom stereocenters. The summed E-state index contributed by atoms with van der Waals surface area (Å²) < 4.78 is 11.1. The molecule has 0 aliphatic carbocycles. The Labute approximate surface area is 197 Å². The number of halogens is 1. The number of aliphatic imine (C=N–C) groups is 1. The maximum atomic E-state index is 9.62. The van der Waals surface area contributed by atoms with Crippen molar-refractivity contribution >= 4 is 29.9 Å². The molecule has 2 aliphatic rings. The first kappa shape index (κ1) is 25.3. The Morgan fingerprint density at radius 3 is 2.57 bits per heavy atom. The van der Waals surface area contributed by atoms with E-state index in [4.69, 9.17) is 9.47 Å². The van der Waals surface area contributed by atoms with Crippen LogP contribution in [-0.4, -0.2) is 74.7 Å². The second-order valence-corrected chi connectivity index (χ2v) is 7.89. The first-order valence-electron chi connectivity index (χ1n) is 10.8. The third-order valence-electron chi connectivity index (χ3n) is 5.52. The van der Waals surface area contributed by atoms with Gasteiger partial charge in [-0.1, -0.05) is 24.3 Å². The highest BCUT2D eigenvalue weighted by molar-refractivity contribution is 14.0. The molecular weight excluding hydrogens is 495 g/mol. The predicted molar refractivity (Wildman–Crippen MR) is 130 cm³/mol. The van der Waals surface area contributed by atoms with Gasteiger partial charge in [-0.2, -0.15) is 0 Å². The number of rotatable bonds is 9. The summed E-state index contributed by atoms with van der Waals surface area (Å²) in [6.07, 6.45) is 3.88. The number of guanidine groups is 1. The molecule has 1 aromatic rings. The van der Waals surface area contributed by atoms with Crippen LogP contribution in [-0.2, 0) is 22.6 Å². The van der Waals surface area contributed by atoms with Crippen molar-refractivity contribution in [3.8, 4) is 0 Å². The molecule has 1 atom stereocenters. The van der Waals surface area contributed by atoms with Crippen LogP contribution in [0.1, 0.15) is 36.8 Å². The predicted octanol–water partition coefficient (Wildman–Crippen LogP) is 2.12. The van der Waals surface area contributed by atoms with Gasteiger partial charge in [0.15, 0.2) is 5.96 Å². The van der Waals surface area contributed by atoms with Crippen molar-refractivity contribution in [1.82, 2.24) is 15.5 Å². The molecule has 2 fully saturated rings. The lowest BCUT2D eigenvalue weighted by molar-refractivity contribution is 0.0420. The SMILES string of the molecule is CN=C(NCCCOC1CCOC1)NCc1ccc(CN2CCC(O)CC2)cc1.I. The Hall–Kier alpha value is -0.940. The van der Waals surface area contributed by atoms with Crippen LogP contribution >= 0.6 is 24.0 Å². The topological polar surface area (TPSA) is 78.4 Å².